The van der Waals surface area contributed by atoms with E-state index in [-0.39, 0.29) is 12.5 Å². The molecule has 0 atom stereocenters. The Labute approximate surface area is 147 Å². The Balaban J connectivity index is 1.66. The number of amides is 1. The summed E-state index contributed by atoms with van der Waals surface area (Å²) in [7, 11) is 0. The van der Waals surface area contributed by atoms with Gasteiger partial charge in [-0.25, -0.2) is 0 Å². The molecule has 1 saturated carbocycles. The fourth-order valence-corrected chi connectivity index (χ4v) is 5.16. The van der Waals surface area contributed by atoms with Crippen LogP contribution >= 0.6 is 11.3 Å². The summed E-state index contributed by atoms with van der Waals surface area (Å²) >= 11 is 1.61. The number of carboxylic acids is 1. The molecule has 0 saturated heterocycles. The van der Waals surface area contributed by atoms with Gasteiger partial charge in [0.2, 0.25) is 0 Å². The van der Waals surface area contributed by atoms with E-state index in [2.05, 4.69) is 5.32 Å². The van der Waals surface area contributed by atoms with Crippen LogP contribution in [0.15, 0.2) is 6.07 Å². The molecule has 1 amide bonds. The molecule has 1 heterocycles. The van der Waals surface area contributed by atoms with E-state index in [1.54, 1.807) is 11.3 Å². The van der Waals surface area contributed by atoms with Gasteiger partial charge in [0.25, 0.3) is 5.91 Å². The second kappa shape index (κ2) is 7.68. The molecule has 1 fully saturated rings. The van der Waals surface area contributed by atoms with Gasteiger partial charge in [-0.2, -0.15) is 0 Å². The summed E-state index contributed by atoms with van der Waals surface area (Å²) in [5, 5.41) is 12.4. The number of fused-ring (bicyclic) bond motifs is 1. The van der Waals surface area contributed by atoms with Crippen molar-refractivity contribution in [1.29, 1.82) is 0 Å². The zero-order valence-corrected chi connectivity index (χ0v) is 15.1. The maximum Gasteiger partial charge on any atom is 0.311 e. The molecule has 0 aromatic carbocycles. The Hall–Kier alpha value is -1.36. The van der Waals surface area contributed by atoms with E-state index in [9.17, 15) is 14.7 Å². The Kier molecular flexibility index (Phi) is 5.59. The summed E-state index contributed by atoms with van der Waals surface area (Å²) in [6.07, 6.45) is 11.6. The van der Waals surface area contributed by atoms with Crippen molar-refractivity contribution in [1.82, 2.24) is 5.32 Å². The van der Waals surface area contributed by atoms with Crippen LogP contribution in [0.5, 0.6) is 0 Å². The van der Waals surface area contributed by atoms with Crippen molar-refractivity contribution in [2.24, 2.45) is 5.41 Å². The summed E-state index contributed by atoms with van der Waals surface area (Å²) in [4.78, 5) is 26.2. The second-order valence-corrected chi connectivity index (χ2v) is 8.44. The van der Waals surface area contributed by atoms with Gasteiger partial charge in [-0.15, -0.1) is 11.3 Å². The number of hydrogen-bond acceptors (Lipinski definition) is 3. The van der Waals surface area contributed by atoms with Gasteiger partial charge in [-0.05, 0) is 50.2 Å². The third-order valence-electron chi connectivity index (χ3n) is 5.57. The number of carbonyl (C=O) groups excluding carboxylic acids is 1. The highest BCUT2D eigenvalue weighted by Crippen LogP contribution is 2.38. The lowest BCUT2D eigenvalue weighted by Crippen LogP contribution is -2.41. The van der Waals surface area contributed by atoms with E-state index < -0.39 is 11.4 Å². The molecule has 5 heteroatoms. The van der Waals surface area contributed by atoms with Crippen molar-refractivity contribution >= 4 is 23.2 Å². The van der Waals surface area contributed by atoms with E-state index in [0.29, 0.717) is 12.8 Å². The fourth-order valence-electron chi connectivity index (χ4n) is 3.99. The van der Waals surface area contributed by atoms with Crippen LogP contribution in [0.1, 0.15) is 77.9 Å². The molecule has 2 N–H and O–H groups in total. The van der Waals surface area contributed by atoms with Gasteiger partial charge in [0.05, 0.1) is 10.3 Å². The van der Waals surface area contributed by atoms with Crippen molar-refractivity contribution in [3.05, 3.63) is 21.4 Å². The molecule has 132 valence electrons. The monoisotopic (exact) mass is 349 g/mol. The lowest BCUT2D eigenvalue weighted by Gasteiger charge is -2.23. The van der Waals surface area contributed by atoms with Crippen LogP contribution in [0.2, 0.25) is 0 Å². The summed E-state index contributed by atoms with van der Waals surface area (Å²) in [5.41, 5.74) is 0.584. The molecule has 3 rings (SSSR count). The average molecular weight is 349 g/mol. The number of nitrogens with one attached hydrogen (secondary N) is 1. The lowest BCUT2D eigenvalue weighted by atomic mass is 9.86. The Morgan fingerprint density at radius 1 is 1.04 bits per heavy atom. The standard InChI is InChI=1S/C19H27NO3S/c21-17(20-13-19(18(22)23)10-6-7-11-19)16-12-14-8-4-2-1-3-5-9-15(14)24-16/h12H,1-11,13H2,(H,20,21)(H,22,23). The van der Waals surface area contributed by atoms with Gasteiger partial charge in [-0.1, -0.05) is 32.1 Å². The van der Waals surface area contributed by atoms with Crippen LogP contribution in [-0.2, 0) is 17.6 Å². The van der Waals surface area contributed by atoms with Crippen molar-refractivity contribution in [2.45, 2.75) is 70.6 Å². The summed E-state index contributed by atoms with van der Waals surface area (Å²) < 4.78 is 0. The first-order chi connectivity index (χ1) is 11.6. The number of aliphatic carboxylic acids is 1. The predicted octanol–water partition coefficient (Wildman–Crippen LogP) is 4.17. The SMILES string of the molecule is O=C(NCC1(C(=O)O)CCCC1)c1cc2c(s1)CCCCCCC2. The number of carbonyl (C=O) groups is 2. The van der Waals surface area contributed by atoms with Crippen LogP contribution in [0, 0.1) is 5.41 Å². The van der Waals surface area contributed by atoms with E-state index in [1.165, 1.54) is 42.5 Å². The van der Waals surface area contributed by atoms with Gasteiger partial charge < -0.3 is 10.4 Å². The largest absolute Gasteiger partial charge is 0.481 e. The molecule has 2 aliphatic rings. The van der Waals surface area contributed by atoms with Crippen molar-refractivity contribution < 1.29 is 14.7 Å². The maximum absolute atomic E-state index is 12.5. The second-order valence-electron chi connectivity index (χ2n) is 7.30. The third kappa shape index (κ3) is 3.82. The Morgan fingerprint density at radius 2 is 1.71 bits per heavy atom. The molecule has 0 spiro atoms. The van der Waals surface area contributed by atoms with Gasteiger partial charge in [0.15, 0.2) is 0 Å². The quantitative estimate of drug-likeness (QED) is 0.857. The maximum atomic E-state index is 12.5. The number of hydrogen-bond donors (Lipinski definition) is 2. The fraction of sp³-hybridized carbons (Fsp3) is 0.684. The Bertz CT molecular complexity index is 576. The first-order valence-electron chi connectivity index (χ1n) is 9.24. The zero-order valence-electron chi connectivity index (χ0n) is 14.2. The van der Waals surface area contributed by atoms with E-state index in [0.717, 1.165) is 30.6 Å². The molecular formula is C19H27NO3S. The van der Waals surface area contributed by atoms with Gasteiger partial charge in [0.1, 0.15) is 0 Å². The van der Waals surface area contributed by atoms with Gasteiger partial charge >= 0.3 is 5.97 Å². The van der Waals surface area contributed by atoms with Crippen molar-refractivity contribution in [3.8, 4) is 0 Å². The van der Waals surface area contributed by atoms with Crippen LogP contribution < -0.4 is 5.32 Å². The molecule has 4 nitrogen and oxygen atoms in total. The first-order valence-corrected chi connectivity index (χ1v) is 10.1. The van der Waals surface area contributed by atoms with Crippen molar-refractivity contribution in [3.63, 3.8) is 0 Å². The molecule has 2 aliphatic carbocycles. The van der Waals surface area contributed by atoms with E-state index >= 15 is 0 Å². The topological polar surface area (TPSA) is 66.4 Å². The minimum absolute atomic E-state index is 0.0999. The number of thiophene rings is 1. The number of aryl methyl sites for hydroxylation is 2. The van der Waals surface area contributed by atoms with Gasteiger partial charge in [-0.3, -0.25) is 9.59 Å². The third-order valence-corrected chi connectivity index (χ3v) is 6.81. The molecule has 1 aromatic heterocycles. The molecular weight excluding hydrogens is 322 g/mol. The Morgan fingerprint density at radius 3 is 2.42 bits per heavy atom. The molecule has 0 bridgehead atoms. The minimum Gasteiger partial charge on any atom is -0.481 e. The average Bonchev–Trinajstić information content (AvgIpc) is 3.20. The summed E-state index contributed by atoms with van der Waals surface area (Å²) in [6, 6.07) is 2.04. The van der Waals surface area contributed by atoms with E-state index in [4.69, 9.17) is 0 Å². The normalized spacial score (nSPS) is 20.5. The molecule has 24 heavy (non-hydrogen) atoms. The van der Waals surface area contributed by atoms with Gasteiger partial charge in [0, 0.05) is 11.4 Å². The molecule has 1 aromatic rings. The summed E-state index contributed by atoms with van der Waals surface area (Å²) in [5.74, 6) is -0.868. The number of carboxylic acid groups (broad SMARTS) is 1. The zero-order chi connectivity index (χ0) is 17.0. The van der Waals surface area contributed by atoms with Crippen molar-refractivity contribution in [2.75, 3.05) is 6.54 Å². The lowest BCUT2D eigenvalue weighted by molar-refractivity contribution is -0.148. The predicted molar refractivity (Wildman–Crippen MR) is 95.7 cm³/mol. The van der Waals surface area contributed by atoms with Crippen LogP contribution in [0.3, 0.4) is 0 Å². The highest BCUT2D eigenvalue weighted by molar-refractivity contribution is 7.14. The van der Waals surface area contributed by atoms with Crippen LogP contribution in [0.4, 0.5) is 0 Å². The number of rotatable bonds is 4. The molecule has 0 radical (unpaired) electrons. The first kappa shape index (κ1) is 17.5. The molecule has 0 unspecified atom stereocenters. The highest BCUT2D eigenvalue weighted by Gasteiger charge is 2.41. The highest BCUT2D eigenvalue weighted by atomic mass is 32.1. The molecule has 0 aliphatic heterocycles. The smallest absolute Gasteiger partial charge is 0.311 e. The van der Waals surface area contributed by atoms with E-state index in [1.807, 2.05) is 6.07 Å². The van der Waals surface area contributed by atoms with Crippen LogP contribution in [-0.4, -0.2) is 23.5 Å². The summed E-state index contributed by atoms with van der Waals surface area (Å²) in [6.45, 7) is 0.254. The minimum atomic E-state index is -0.769. The van der Waals surface area contributed by atoms with Crippen LogP contribution in [0.25, 0.3) is 0 Å².